The zero-order valence-electron chi connectivity index (χ0n) is 5.93. The van der Waals surface area contributed by atoms with E-state index in [9.17, 15) is 9.59 Å². The molecular weight excluding hydrogens is 184 g/mol. The van der Waals surface area contributed by atoms with Gasteiger partial charge >= 0.3 is 12.2 Å². The van der Waals surface area contributed by atoms with Crippen LogP contribution in [-0.4, -0.2) is 50.4 Å². The smallest absolute Gasteiger partial charge is 0.413 e. The molecule has 6 nitrogen and oxygen atoms in total. The SMILES string of the molecule is O=C(O)N1CCN(C(=O)O)C1=S. The fourth-order valence-electron chi connectivity index (χ4n) is 0.892. The van der Waals surface area contributed by atoms with Gasteiger partial charge in [-0.3, -0.25) is 9.80 Å². The monoisotopic (exact) mass is 190 g/mol. The van der Waals surface area contributed by atoms with E-state index in [1.807, 2.05) is 0 Å². The lowest BCUT2D eigenvalue weighted by Gasteiger charge is -2.13. The van der Waals surface area contributed by atoms with Gasteiger partial charge in [0.05, 0.1) is 0 Å². The molecule has 7 heteroatoms. The van der Waals surface area contributed by atoms with Crippen molar-refractivity contribution in [2.45, 2.75) is 0 Å². The largest absolute Gasteiger partial charge is 0.465 e. The highest BCUT2D eigenvalue weighted by atomic mass is 32.1. The summed E-state index contributed by atoms with van der Waals surface area (Å²) in [5, 5.41) is 16.8. The van der Waals surface area contributed by atoms with Crippen molar-refractivity contribution in [1.82, 2.24) is 9.80 Å². The number of hydrogen-bond acceptors (Lipinski definition) is 3. The molecule has 0 bridgehead atoms. The zero-order valence-corrected chi connectivity index (χ0v) is 6.74. The van der Waals surface area contributed by atoms with Gasteiger partial charge in [0, 0.05) is 13.1 Å². The van der Waals surface area contributed by atoms with Gasteiger partial charge in [0.25, 0.3) is 0 Å². The Bertz CT molecular complexity index is 230. The molecule has 0 aromatic carbocycles. The Hall–Kier alpha value is -1.37. The molecule has 2 amide bonds. The van der Waals surface area contributed by atoms with Crippen LogP contribution in [0.3, 0.4) is 0 Å². The van der Waals surface area contributed by atoms with Crippen LogP contribution in [0.25, 0.3) is 0 Å². The van der Waals surface area contributed by atoms with Crippen molar-refractivity contribution < 1.29 is 19.8 Å². The highest BCUT2D eigenvalue weighted by molar-refractivity contribution is 7.80. The lowest BCUT2D eigenvalue weighted by atomic mass is 10.6. The average Bonchev–Trinajstić information content (AvgIpc) is 2.30. The van der Waals surface area contributed by atoms with E-state index >= 15 is 0 Å². The molecule has 12 heavy (non-hydrogen) atoms. The van der Waals surface area contributed by atoms with Gasteiger partial charge < -0.3 is 10.2 Å². The molecule has 0 aliphatic carbocycles. The van der Waals surface area contributed by atoms with Crippen LogP contribution in [0.15, 0.2) is 0 Å². The van der Waals surface area contributed by atoms with Crippen LogP contribution in [0.4, 0.5) is 9.59 Å². The van der Waals surface area contributed by atoms with Crippen LogP contribution in [0.5, 0.6) is 0 Å². The van der Waals surface area contributed by atoms with E-state index in [4.69, 9.17) is 10.2 Å². The molecule has 0 unspecified atom stereocenters. The number of amides is 2. The summed E-state index contributed by atoms with van der Waals surface area (Å²) in [5.41, 5.74) is 0. The molecule has 0 radical (unpaired) electrons. The summed E-state index contributed by atoms with van der Waals surface area (Å²) in [6, 6.07) is 0. The number of carbonyl (C=O) groups is 2. The first-order valence-electron chi connectivity index (χ1n) is 3.09. The van der Waals surface area contributed by atoms with E-state index in [1.165, 1.54) is 0 Å². The first kappa shape index (κ1) is 8.72. The highest BCUT2D eigenvalue weighted by Gasteiger charge is 2.33. The predicted octanol–water partition coefficient (Wildman–Crippen LogP) is 0.245. The maximum atomic E-state index is 10.4. The molecule has 0 atom stereocenters. The van der Waals surface area contributed by atoms with Crippen molar-refractivity contribution in [2.75, 3.05) is 13.1 Å². The van der Waals surface area contributed by atoms with Crippen molar-refractivity contribution >= 4 is 29.5 Å². The summed E-state index contributed by atoms with van der Waals surface area (Å²) in [5.74, 6) is 0. The molecular formula is C5H6N2O4S. The Balaban J connectivity index is 2.74. The van der Waals surface area contributed by atoms with Crippen LogP contribution in [-0.2, 0) is 0 Å². The lowest BCUT2D eigenvalue weighted by Crippen LogP contribution is -2.37. The Kier molecular flexibility index (Phi) is 2.13. The van der Waals surface area contributed by atoms with Gasteiger partial charge in [-0.1, -0.05) is 0 Å². The number of carboxylic acid groups (broad SMARTS) is 2. The Morgan fingerprint density at radius 2 is 1.50 bits per heavy atom. The quantitative estimate of drug-likeness (QED) is 0.535. The third-order valence-corrected chi connectivity index (χ3v) is 1.91. The van der Waals surface area contributed by atoms with E-state index in [-0.39, 0.29) is 18.2 Å². The molecule has 0 aromatic heterocycles. The van der Waals surface area contributed by atoms with Crippen molar-refractivity contribution in [3.05, 3.63) is 0 Å². The second kappa shape index (κ2) is 2.94. The van der Waals surface area contributed by atoms with E-state index in [0.717, 1.165) is 9.80 Å². The zero-order chi connectivity index (χ0) is 9.30. The molecule has 0 saturated carbocycles. The van der Waals surface area contributed by atoms with Crippen molar-refractivity contribution in [3.8, 4) is 0 Å². The fraction of sp³-hybridized carbons (Fsp3) is 0.400. The predicted molar refractivity (Wildman–Crippen MR) is 42.1 cm³/mol. The molecule has 1 aliphatic rings. The van der Waals surface area contributed by atoms with Gasteiger partial charge in [-0.15, -0.1) is 0 Å². The minimum Gasteiger partial charge on any atom is -0.465 e. The fourth-order valence-corrected chi connectivity index (χ4v) is 1.23. The van der Waals surface area contributed by atoms with Crippen molar-refractivity contribution in [2.24, 2.45) is 0 Å². The summed E-state index contributed by atoms with van der Waals surface area (Å²) in [6.07, 6.45) is -2.44. The second-order valence-corrected chi connectivity index (χ2v) is 2.52. The summed E-state index contributed by atoms with van der Waals surface area (Å²) in [6.45, 7) is 0.223. The average molecular weight is 190 g/mol. The van der Waals surface area contributed by atoms with Gasteiger partial charge in [0.2, 0.25) is 0 Å². The van der Waals surface area contributed by atoms with Gasteiger partial charge in [-0.2, -0.15) is 0 Å². The van der Waals surface area contributed by atoms with Crippen LogP contribution < -0.4 is 0 Å². The third-order valence-electron chi connectivity index (χ3n) is 1.47. The maximum Gasteiger partial charge on any atom is 0.413 e. The summed E-state index contributed by atoms with van der Waals surface area (Å²) < 4.78 is 0. The minimum atomic E-state index is -1.22. The molecule has 66 valence electrons. The normalized spacial score (nSPS) is 16.8. The number of thiocarbonyl (C=S) groups is 1. The first-order valence-corrected chi connectivity index (χ1v) is 3.49. The van der Waals surface area contributed by atoms with Crippen LogP contribution in [0.2, 0.25) is 0 Å². The van der Waals surface area contributed by atoms with E-state index in [1.54, 1.807) is 0 Å². The minimum absolute atomic E-state index is 0.112. The van der Waals surface area contributed by atoms with Gasteiger partial charge in [-0.25, -0.2) is 9.59 Å². The van der Waals surface area contributed by atoms with Crippen LogP contribution in [0.1, 0.15) is 0 Å². The summed E-state index contributed by atoms with van der Waals surface area (Å²) in [4.78, 5) is 22.4. The summed E-state index contributed by atoms with van der Waals surface area (Å²) in [7, 11) is 0. The number of hydrogen-bond donors (Lipinski definition) is 2. The standard InChI is InChI=1S/C5H6N2O4S/c8-4(9)6-1-2-7(3(6)12)5(10)11/h1-2H2,(H,8,9)(H,10,11). The Labute approximate surface area is 73.0 Å². The van der Waals surface area contributed by atoms with E-state index in [2.05, 4.69) is 12.2 Å². The van der Waals surface area contributed by atoms with Crippen molar-refractivity contribution in [1.29, 1.82) is 0 Å². The van der Waals surface area contributed by atoms with Crippen molar-refractivity contribution in [3.63, 3.8) is 0 Å². The second-order valence-electron chi connectivity index (χ2n) is 2.15. The Morgan fingerprint density at radius 3 is 1.67 bits per heavy atom. The first-order chi connectivity index (χ1) is 5.54. The third kappa shape index (κ3) is 1.30. The van der Waals surface area contributed by atoms with Crippen LogP contribution >= 0.6 is 12.2 Å². The molecule has 1 fully saturated rings. The van der Waals surface area contributed by atoms with Gasteiger partial charge in [0.15, 0.2) is 5.11 Å². The molecule has 0 aromatic rings. The molecule has 1 aliphatic heterocycles. The Morgan fingerprint density at radius 1 is 1.17 bits per heavy atom. The molecule has 2 N–H and O–H groups in total. The topological polar surface area (TPSA) is 81.1 Å². The molecule has 0 spiro atoms. The molecule has 1 heterocycles. The van der Waals surface area contributed by atoms with E-state index in [0.29, 0.717) is 0 Å². The van der Waals surface area contributed by atoms with Gasteiger partial charge in [0.1, 0.15) is 0 Å². The molecule has 1 saturated heterocycles. The number of rotatable bonds is 0. The lowest BCUT2D eigenvalue weighted by molar-refractivity contribution is 0.172. The number of nitrogens with zero attached hydrogens (tertiary/aromatic N) is 2. The maximum absolute atomic E-state index is 10.4. The van der Waals surface area contributed by atoms with Crippen LogP contribution in [0, 0.1) is 0 Å². The van der Waals surface area contributed by atoms with Gasteiger partial charge in [-0.05, 0) is 12.2 Å². The highest BCUT2D eigenvalue weighted by Crippen LogP contribution is 2.08. The van der Waals surface area contributed by atoms with E-state index < -0.39 is 12.2 Å². The summed E-state index contributed by atoms with van der Waals surface area (Å²) >= 11 is 4.60. The molecule has 1 rings (SSSR count).